The molecule has 2 nitrogen and oxygen atoms in total. The number of rotatable bonds is 1. The Labute approximate surface area is 93.0 Å². The van der Waals surface area contributed by atoms with Gasteiger partial charge in [0.05, 0.1) is 0 Å². The summed E-state index contributed by atoms with van der Waals surface area (Å²) in [4.78, 5) is 13.1. The van der Waals surface area contributed by atoms with Crippen molar-refractivity contribution in [2.24, 2.45) is 17.3 Å². The molecule has 0 atom stereocenters. The predicted octanol–water partition coefficient (Wildman–Crippen LogP) is 2.68. The molecule has 1 amide bonds. The third kappa shape index (κ3) is 2.04. The zero-order chi connectivity index (χ0) is 11.1. The first-order valence-corrected chi connectivity index (χ1v) is 6.28. The van der Waals surface area contributed by atoms with Crippen LogP contribution < -0.4 is 0 Å². The van der Waals surface area contributed by atoms with Crippen LogP contribution >= 0.6 is 0 Å². The summed E-state index contributed by atoms with van der Waals surface area (Å²) >= 11 is 0. The maximum absolute atomic E-state index is 11.2. The Morgan fingerprint density at radius 2 is 1.80 bits per heavy atom. The van der Waals surface area contributed by atoms with Crippen LogP contribution in [-0.2, 0) is 4.79 Å². The van der Waals surface area contributed by atoms with Gasteiger partial charge in [-0.3, -0.25) is 4.79 Å². The zero-order valence-electron chi connectivity index (χ0n) is 10.3. The predicted molar refractivity (Wildman–Crippen MR) is 61.5 cm³/mol. The smallest absolute Gasteiger partial charge is 0.219 e. The Hall–Kier alpha value is -0.530. The minimum atomic E-state index is 0.256. The fourth-order valence-electron chi connectivity index (χ4n) is 3.22. The molecule has 1 spiro atoms. The molecule has 0 aromatic rings. The van der Waals surface area contributed by atoms with E-state index in [0.717, 1.165) is 24.9 Å². The molecule has 1 saturated heterocycles. The topological polar surface area (TPSA) is 20.3 Å². The van der Waals surface area contributed by atoms with Crippen LogP contribution in [0.25, 0.3) is 0 Å². The molecular weight excluding hydrogens is 186 g/mol. The van der Waals surface area contributed by atoms with Gasteiger partial charge in [-0.2, -0.15) is 0 Å². The van der Waals surface area contributed by atoms with E-state index in [2.05, 4.69) is 13.8 Å². The lowest BCUT2D eigenvalue weighted by Gasteiger charge is -2.53. The van der Waals surface area contributed by atoms with Gasteiger partial charge in [0, 0.05) is 25.4 Å². The summed E-state index contributed by atoms with van der Waals surface area (Å²) in [5.74, 6) is 2.03. The number of carbonyl (C=O) groups excluding carboxylic acids is 1. The molecule has 86 valence electrons. The molecule has 1 aliphatic carbocycles. The van der Waals surface area contributed by atoms with E-state index in [-0.39, 0.29) is 5.91 Å². The van der Waals surface area contributed by atoms with Crippen LogP contribution in [0.15, 0.2) is 0 Å². The fraction of sp³-hybridized carbons (Fsp3) is 0.923. The number of amides is 1. The third-order valence-electron chi connectivity index (χ3n) is 4.53. The Bertz CT molecular complexity index is 243. The van der Waals surface area contributed by atoms with E-state index in [1.807, 2.05) is 4.90 Å². The Morgan fingerprint density at radius 3 is 2.20 bits per heavy atom. The van der Waals surface area contributed by atoms with E-state index >= 15 is 0 Å². The average molecular weight is 209 g/mol. The molecule has 2 fully saturated rings. The highest BCUT2D eigenvalue weighted by Crippen LogP contribution is 2.46. The second-order valence-corrected chi connectivity index (χ2v) is 5.96. The second kappa shape index (κ2) is 3.80. The molecule has 2 rings (SSSR count). The van der Waals surface area contributed by atoms with Crippen LogP contribution in [0.2, 0.25) is 0 Å². The van der Waals surface area contributed by atoms with Gasteiger partial charge in [-0.1, -0.05) is 13.8 Å². The van der Waals surface area contributed by atoms with Gasteiger partial charge in [0.25, 0.3) is 0 Å². The van der Waals surface area contributed by atoms with Gasteiger partial charge in [-0.25, -0.2) is 0 Å². The monoisotopic (exact) mass is 209 g/mol. The van der Waals surface area contributed by atoms with Crippen molar-refractivity contribution in [3.05, 3.63) is 0 Å². The van der Waals surface area contributed by atoms with Gasteiger partial charge in [-0.05, 0) is 37.5 Å². The Morgan fingerprint density at radius 1 is 1.27 bits per heavy atom. The lowest BCUT2D eigenvalue weighted by molar-refractivity contribution is -0.144. The van der Waals surface area contributed by atoms with E-state index < -0.39 is 0 Å². The lowest BCUT2D eigenvalue weighted by Crippen LogP contribution is -2.59. The first kappa shape index (κ1) is 11.0. The quantitative estimate of drug-likeness (QED) is 0.650. The summed E-state index contributed by atoms with van der Waals surface area (Å²) in [6.07, 6.45) is 5.45. The molecule has 0 aromatic heterocycles. The molecule has 0 N–H and O–H groups in total. The summed E-state index contributed by atoms with van der Waals surface area (Å²) in [6.45, 7) is 8.43. The summed E-state index contributed by atoms with van der Waals surface area (Å²) < 4.78 is 0. The SMILES string of the molecule is CC(=O)N1CC2(CCC(C(C)C)CC2)C1. The molecule has 15 heavy (non-hydrogen) atoms. The number of likely N-dealkylation sites (tertiary alicyclic amines) is 1. The summed E-state index contributed by atoms with van der Waals surface area (Å²) in [5.41, 5.74) is 0.525. The van der Waals surface area contributed by atoms with Crippen LogP contribution in [0.1, 0.15) is 46.5 Å². The molecule has 0 bridgehead atoms. The minimum absolute atomic E-state index is 0.256. The maximum atomic E-state index is 11.2. The van der Waals surface area contributed by atoms with Gasteiger partial charge < -0.3 is 4.90 Å². The zero-order valence-corrected chi connectivity index (χ0v) is 10.3. The van der Waals surface area contributed by atoms with Gasteiger partial charge >= 0.3 is 0 Å². The van der Waals surface area contributed by atoms with E-state index in [9.17, 15) is 4.79 Å². The first-order valence-electron chi connectivity index (χ1n) is 6.28. The lowest BCUT2D eigenvalue weighted by atomic mass is 9.64. The molecule has 0 unspecified atom stereocenters. The van der Waals surface area contributed by atoms with Crippen LogP contribution in [0, 0.1) is 17.3 Å². The van der Waals surface area contributed by atoms with Gasteiger partial charge in [0.15, 0.2) is 0 Å². The summed E-state index contributed by atoms with van der Waals surface area (Å²) in [7, 11) is 0. The second-order valence-electron chi connectivity index (χ2n) is 5.96. The van der Waals surface area contributed by atoms with Gasteiger partial charge in [-0.15, -0.1) is 0 Å². The highest BCUT2D eigenvalue weighted by atomic mass is 16.2. The molecule has 1 heterocycles. The van der Waals surface area contributed by atoms with Crippen molar-refractivity contribution in [2.45, 2.75) is 46.5 Å². The van der Waals surface area contributed by atoms with Crippen molar-refractivity contribution in [1.29, 1.82) is 0 Å². The molecule has 1 saturated carbocycles. The molecule has 0 radical (unpaired) electrons. The highest BCUT2D eigenvalue weighted by molar-refractivity contribution is 5.74. The van der Waals surface area contributed by atoms with Crippen LogP contribution in [0.5, 0.6) is 0 Å². The summed E-state index contributed by atoms with van der Waals surface area (Å²) in [5, 5.41) is 0. The van der Waals surface area contributed by atoms with Gasteiger partial charge in [0.1, 0.15) is 0 Å². The van der Waals surface area contributed by atoms with Crippen molar-refractivity contribution in [1.82, 2.24) is 4.90 Å². The number of hydrogen-bond acceptors (Lipinski definition) is 1. The molecule has 0 aromatic carbocycles. The van der Waals surface area contributed by atoms with E-state index in [1.165, 1.54) is 25.7 Å². The molecular formula is C13H23NO. The van der Waals surface area contributed by atoms with Gasteiger partial charge in [0.2, 0.25) is 5.91 Å². The van der Waals surface area contributed by atoms with Crippen molar-refractivity contribution < 1.29 is 4.79 Å². The van der Waals surface area contributed by atoms with Crippen LogP contribution in [-0.4, -0.2) is 23.9 Å². The first-order chi connectivity index (χ1) is 7.02. The summed E-state index contributed by atoms with van der Waals surface area (Å²) in [6, 6.07) is 0. The molecule has 2 heteroatoms. The van der Waals surface area contributed by atoms with Crippen LogP contribution in [0.4, 0.5) is 0 Å². The largest absolute Gasteiger partial charge is 0.342 e. The maximum Gasteiger partial charge on any atom is 0.219 e. The number of hydrogen-bond donors (Lipinski definition) is 0. The van der Waals surface area contributed by atoms with Crippen molar-refractivity contribution in [3.8, 4) is 0 Å². The van der Waals surface area contributed by atoms with E-state index in [0.29, 0.717) is 5.41 Å². The van der Waals surface area contributed by atoms with E-state index in [4.69, 9.17) is 0 Å². The van der Waals surface area contributed by atoms with Crippen molar-refractivity contribution >= 4 is 5.91 Å². The fourth-order valence-corrected chi connectivity index (χ4v) is 3.22. The minimum Gasteiger partial charge on any atom is -0.342 e. The Kier molecular flexibility index (Phi) is 2.78. The number of carbonyl (C=O) groups is 1. The van der Waals surface area contributed by atoms with E-state index in [1.54, 1.807) is 6.92 Å². The Balaban J connectivity index is 1.83. The van der Waals surface area contributed by atoms with Crippen molar-refractivity contribution in [2.75, 3.05) is 13.1 Å². The number of nitrogens with zero attached hydrogens (tertiary/aromatic N) is 1. The normalized spacial score (nSPS) is 25.7. The molecule has 1 aliphatic heterocycles. The third-order valence-corrected chi connectivity index (χ3v) is 4.53. The van der Waals surface area contributed by atoms with Crippen LogP contribution in [0.3, 0.4) is 0 Å². The highest BCUT2D eigenvalue weighted by Gasteiger charge is 2.46. The average Bonchev–Trinajstić information content (AvgIpc) is 2.13. The standard InChI is InChI=1S/C13H23NO/c1-10(2)12-4-6-13(7-5-12)8-14(9-13)11(3)15/h10,12H,4-9H2,1-3H3. The van der Waals surface area contributed by atoms with Crippen molar-refractivity contribution in [3.63, 3.8) is 0 Å². The molecule has 2 aliphatic rings.